The van der Waals surface area contributed by atoms with Gasteiger partial charge in [-0.15, -0.1) is 23.1 Å². The molecule has 2 N–H and O–H groups in total. The Balaban J connectivity index is 1.48. The van der Waals surface area contributed by atoms with Crippen LogP contribution in [0, 0.1) is 13.8 Å². The Labute approximate surface area is 171 Å². The molecule has 0 aliphatic heterocycles. The number of carbonyl (C=O) groups is 1. The monoisotopic (exact) mass is 417 g/mol. The lowest BCUT2D eigenvalue weighted by atomic mass is 10.2. The van der Waals surface area contributed by atoms with Crippen molar-refractivity contribution >= 4 is 39.2 Å². The summed E-state index contributed by atoms with van der Waals surface area (Å²) in [6.45, 7) is 6.62. The molecule has 0 radical (unpaired) electrons. The van der Waals surface area contributed by atoms with Gasteiger partial charge in [-0.25, -0.2) is 4.98 Å². The number of ether oxygens (including phenoxy) is 1. The maximum absolute atomic E-state index is 12.3. The number of aryl methyl sites for hydroxylation is 2. The van der Waals surface area contributed by atoms with E-state index in [1.807, 2.05) is 51.1 Å². The van der Waals surface area contributed by atoms with Gasteiger partial charge in [-0.1, -0.05) is 18.2 Å². The van der Waals surface area contributed by atoms with Gasteiger partial charge in [0.05, 0.1) is 22.9 Å². The Hall–Kier alpha value is -2.32. The van der Waals surface area contributed by atoms with Gasteiger partial charge < -0.3 is 15.0 Å². The summed E-state index contributed by atoms with van der Waals surface area (Å²) < 4.78 is 5.56. The van der Waals surface area contributed by atoms with Gasteiger partial charge in [0.15, 0.2) is 0 Å². The summed E-state index contributed by atoms with van der Waals surface area (Å²) in [5.74, 6) is 1.78. The standard InChI is InChI=1S/C20H23N3O3S2/c1-12-13(2)28-20-17(12)19(25)22-16(23-20)11-27-14(3)18(24)21-9-10-26-15-7-5-4-6-8-15/h4-8,14H,9-11H2,1-3H3,(H,21,24)(H,22,23,25). The second-order valence-electron chi connectivity index (χ2n) is 6.38. The van der Waals surface area contributed by atoms with Crippen molar-refractivity contribution in [1.82, 2.24) is 15.3 Å². The van der Waals surface area contributed by atoms with Crippen molar-refractivity contribution in [3.05, 3.63) is 57.0 Å². The number of hydrogen-bond acceptors (Lipinski definition) is 6. The van der Waals surface area contributed by atoms with E-state index >= 15 is 0 Å². The Morgan fingerprint density at radius 1 is 1.32 bits per heavy atom. The predicted octanol–water partition coefficient (Wildman–Crippen LogP) is 3.42. The number of nitrogens with one attached hydrogen (secondary N) is 2. The highest BCUT2D eigenvalue weighted by Crippen LogP contribution is 2.26. The van der Waals surface area contributed by atoms with E-state index in [0.29, 0.717) is 30.1 Å². The Kier molecular flexibility index (Phi) is 6.74. The van der Waals surface area contributed by atoms with Crippen LogP contribution >= 0.6 is 23.1 Å². The lowest BCUT2D eigenvalue weighted by molar-refractivity contribution is -0.120. The first-order chi connectivity index (χ1) is 13.5. The zero-order valence-corrected chi connectivity index (χ0v) is 17.7. The molecule has 0 saturated carbocycles. The summed E-state index contributed by atoms with van der Waals surface area (Å²) in [5.41, 5.74) is 0.871. The molecule has 1 unspecified atom stereocenters. The number of aromatic nitrogens is 2. The third-order valence-corrected chi connectivity index (χ3v) is 6.60. The van der Waals surface area contributed by atoms with Crippen LogP contribution in [0.1, 0.15) is 23.2 Å². The number of H-pyrrole nitrogens is 1. The molecule has 0 aliphatic rings. The molecule has 148 valence electrons. The van der Waals surface area contributed by atoms with E-state index in [9.17, 15) is 9.59 Å². The quantitative estimate of drug-likeness (QED) is 0.549. The van der Waals surface area contributed by atoms with Crippen molar-refractivity contribution < 1.29 is 9.53 Å². The largest absolute Gasteiger partial charge is 0.492 e. The van der Waals surface area contributed by atoms with Crippen molar-refractivity contribution in [1.29, 1.82) is 0 Å². The minimum absolute atomic E-state index is 0.0621. The fourth-order valence-corrected chi connectivity index (χ4v) is 4.48. The number of amides is 1. The van der Waals surface area contributed by atoms with Crippen LogP contribution in [0.4, 0.5) is 0 Å². The normalized spacial score (nSPS) is 12.1. The van der Waals surface area contributed by atoms with Crippen LogP contribution in [-0.2, 0) is 10.5 Å². The lowest BCUT2D eigenvalue weighted by Crippen LogP contribution is -2.34. The number of thioether (sulfide) groups is 1. The predicted molar refractivity (Wildman–Crippen MR) is 115 cm³/mol. The van der Waals surface area contributed by atoms with E-state index in [1.54, 1.807) is 0 Å². The molecule has 0 bridgehead atoms. The van der Waals surface area contributed by atoms with Crippen LogP contribution in [0.15, 0.2) is 35.1 Å². The first-order valence-electron chi connectivity index (χ1n) is 9.01. The van der Waals surface area contributed by atoms with Gasteiger partial charge in [0.1, 0.15) is 23.0 Å². The molecule has 0 spiro atoms. The van der Waals surface area contributed by atoms with E-state index in [0.717, 1.165) is 21.0 Å². The van der Waals surface area contributed by atoms with E-state index in [2.05, 4.69) is 15.3 Å². The summed E-state index contributed by atoms with van der Waals surface area (Å²) in [4.78, 5) is 33.8. The van der Waals surface area contributed by atoms with E-state index in [-0.39, 0.29) is 16.7 Å². The van der Waals surface area contributed by atoms with Gasteiger partial charge >= 0.3 is 0 Å². The summed E-state index contributed by atoms with van der Waals surface area (Å²) >= 11 is 2.97. The maximum Gasteiger partial charge on any atom is 0.259 e. The minimum atomic E-state index is -0.260. The lowest BCUT2D eigenvalue weighted by Gasteiger charge is -2.12. The molecule has 1 atom stereocenters. The van der Waals surface area contributed by atoms with Gasteiger partial charge in [0.2, 0.25) is 5.91 Å². The van der Waals surface area contributed by atoms with Gasteiger partial charge in [0, 0.05) is 4.88 Å². The number of para-hydroxylation sites is 1. The number of rotatable bonds is 8. The van der Waals surface area contributed by atoms with Gasteiger partial charge in [-0.2, -0.15) is 0 Å². The average Bonchev–Trinajstić information content (AvgIpc) is 2.98. The molecule has 0 saturated heterocycles. The van der Waals surface area contributed by atoms with Crippen LogP contribution in [0.3, 0.4) is 0 Å². The molecule has 3 rings (SSSR count). The van der Waals surface area contributed by atoms with Crippen LogP contribution in [0.2, 0.25) is 0 Å². The topological polar surface area (TPSA) is 84.1 Å². The molecule has 2 aromatic heterocycles. The van der Waals surface area contributed by atoms with Crippen molar-refractivity contribution in [2.24, 2.45) is 0 Å². The summed E-state index contributed by atoms with van der Waals surface area (Å²) in [7, 11) is 0. The summed E-state index contributed by atoms with van der Waals surface area (Å²) in [6, 6.07) is 9.49. The van der Waals surface area contributed by atoms with Gasteiger partial charge in [0.25, 0.3) is 5.56 Å². The maximum atomic E-state index is 12.3. The molecular weight excluding hydrogens is 394 g/mol. The zero-order chi connectivity index (χ0) is 20.1. The van der Waals surface area contributed by atoms with Gasteiger partial charge in [-0.05, 0) is 38.5 Å². The van der Waals surface area contributed by atoms with Crippen LogP contribution in [-0.4, -0.2) is 34.3 Å². The molecule has 1 aromatic carbocycles. The number of aromatic amines is 1. The number of nitrogens with zero attached hydrogens (tertiary/aromatic N) is 1. The van der Waals surface area contributed by atoms with Crippen LogP contribution in [0.5, 0.6) is 5.75 Å². The van der Waals surface area contributed by atoms with Crippen molar-refractivity contribution in [3.8, 4) is 5.75 Å². The van der Waals surface area contributed by atoms with Crippen LogP contribution < -0.4 is 15.6 Å². The molecule has 28 heavy (non-hydrogen) atoms. The number of benzene rings is 1. The van der Waals surface area contributed by atoms with Crippen molar-refractivity contribution in [2.75, 3.05) is 13.2 Å². The van der Waals surface area contributed by atoms with E-state index < -0.39 is 0 Å². The third kappa shape index (κ3) is 4.94. The second kappa shape index (κ2) is 9.25. The first kappa shape index (κ1) is 20.4. The zero-order valence-electron chi connectivity index (χ0n) is 16.1. The second-order valence-corrected chi connectivity index (χ2v) is 8.91. The van der Waals surface area contributed by atoms with Crippen molar-refractivity contribution in [2.45, 2.75) is 31.8 Å². The van der Waals surface area contributed by atoms with E-state index in [1.165, 1.54) is 23.1 Å². The number of fused-ring (bicyclic) bond motifs is 1. The van der Waals surface area contributed by atoms with E-state index in [4.69, 9.17) is 4.74 Å². The molecule has 2 heterocycles. The third-order valence-electron chi connectivity index (χ3n) is 4.34. The summed E-state index contributed by atoms with van der Waals surface area (Å²) in [6.07, 6.45) is 0. The molecule has 1 amide bonds. The molecule has 0 fully saturated rings. The number of hydrogen-bond donors (Lipinski definition) is 2. The number of thiophene rings is 1. The highest BCUT2D eigenvalue weighted by Gasteiger charge is 2.16. The van der Waals surface area contributed by atoms with Crippen LogP contribution in [0.25, 0.3) is 10.2 Å². The molecule has 3 aromatic rings. The molecular formula is C20H23N3O3S2. The Morgan fingerprint density at radius 3 is 2.82 bits per heavy atom. The molecule has 6 nitrogen and oxygen atoms in total. The summed E-state index contributed by atoms with van der Waals surface area (Å²) in [5, 5.41) is 3.27. The van der Waals surface area contributed by atoms with Crippen molar-refractivity contribution in [3.63, 3.8) is 0 Å². The Morgan fingerprint density at radius 2 is 2.07 bits per heavy atom. The van der Waals surface area contributed by atoms with Gasteiger partial charge in [-0.3, -0.25) is 9.59 Å². The fourth-order valence-electron chi connectivity index (χ4n) is 2.65. The first-order valence-corrected chi connectivity index (χ1v) is 10.9. The highest BCUT2D eigenvalue weighted by atomic mass is 32.2. The average molecular weight is 418 g/mol. The fraction of sp³-hybridized carbons (Fsp3) is 0.350. The Bertz CT molecular complexity index is 1010. The molecule has 0 aliphatic carbocycles. The highest BCUT2D eigenvalue weighted by molar-refractivity contribution is 7.99. The molecule has 8 heteroatoms. The number of carbonyl (C=O) groups excluding carboxylic acids is 1. The minimum Gasteiger partial charge on any atom is -0.492 e. The SMILES string of the molecule is Cc1sc2nc(CSC(C)C(=O)NCCOc3ccccc3)[nH]c(=O)c2c1C. The smallest absolute Gasteiger partial charge is 0.259 e.